The van der Waals surface area contributed by atoms with E-state index in [2.05, 4.69) is 15.3 Å². The number of rotatable bonds is 3. The molecule has 1 unspecified atom stereocenters. The average molecular weight is 245 g/mol. The molecule has 0 saturated heterocycles. The minimum atomic E-state index is -0.226. The first-order valence-electron chi connectivity index (χ1n) is 5.83. The summed E-state index contributed by atoms with van der Waals surface area (Å²) in [5.74, 6) is 0.466. The largest absolute Gasteiger partial charge is 0.307 e. The summed E-state index contributed by atoms with van der Waals surface area (Å²) in [6, 6.07) is 4.63. The summed E-state index contributed by atoms with van der Waals surface area (Å²) in [7, 11) is 1.84. The van der Waals surface area contributed by atoms with E-state index in [1.807, 2.05) is 20.9 Å². The van der Waals surface area contributed by atoms with Gasteiger partial charge < -0.3 is 5.32 Å². The molecule has 1 heterocycles. The Morgan fingerprint density at radius 3 is 2.39 bits per heavy atom. The van der Waals surface area contributed by atoms with Gasteiger partial charge in [-0.15, -0.1) is 0 Å². The van der Waals surface area contributed by atoms with Gasteiger partial charge in [-0.05, 0) is 49.7 Å². The Bertz CT molecular complexity index is 537. The lowest BCUT2D eigenvalue weighted by Crippen LogP contribution is -2.21. The molecule has 0 aliphatic heterocycles. The quantitative estimate of drug-likeness (QED) is 0.903. The van der Waals surface area contributed by atoms with Crippen LogP contribution < -0.4 is 5.32 Å². The summed E-state index contributed by atoms with van der Waals surface area (Å²) in [5, 5.41) is 3.17. The predicted octanol–water partition coefficient (Wildman–Crippen LogP) is 2.54. The highest BCUT2D eigenvalue weighted by atomic mass is 19.1. The molecule has 0 fully saturated rings. The van der Waals surface area contributed by atoms with Gasteiger partial charge in [0.25, 0.3) is 0 Å². The van der Waals surface area contributed by atoms with Crippen LogP contribution in [0.3, 0.4) is 0 Å². The molecule has 1 atom stereocenters. The molecule has 0 aliphatic carbocycles. The van der Waals surface area contributed by atoms with Crippen molar-refractivity contribution in [3.8, 4) is 0 Å². The second-order valence-corrected chi connectivity index (χ2v) is 4.34. The smallest absolute Gasteiger partial charge is 0.149 e. The third-order valence-corrected chi connectivity index (χ3v) is 2.89. The zero-order valence-electron chi connectivity index (χ0n) is 10.7. The van der Waals surface area contributed by atoms with Gasteiger partial charge in [-0.25, -0.2) is 14.4 Å². The Kier molecular flexibility index (Phi) is 3.67. The number of aromatic nitrogens is 2. The van der Waals surface area contributed by atoms with Crippen LogP contribution in [0.2, 0.25) is 0 Å². The molecule has 0 amide bonds. The number of halogens is 1. The van der Waals surface area contributed by atoms with Crippen molar-refractivity contribution in [2.75, 3.05) is 7.05 Å². The van der Waals surface area contributed by atoms with Crippen LogP contribution >= 0.6 is 0 Å². The van der Waals surface area contributed by atoms with Gasteiger partial charge in [0.1, 0.15) is 11.6 Å². The maximum atomic E-state index is 13.1. The number of hydrogen-bond donors (Lipinski definition) is 1. The topological polar surface area (TPSA) is 37.8 Å². The summed E-state index contributed by atoms with van der Waals surface area (Å²) in [5.41, 5.74) is 2.89. The van der Waals surface area contributed by atoms with Gasteiger partial charge in [-0.2, -0.15) is 0 Å². The van der Waals surface area contributed by atoms with Gasteiger partial charge in [0.15, 0.2) is 0 Å². The molecule has 1 aromatic heterocycles. The Labute approximate surface area is 106 Å². The van der Waals surface area contributed by atoms with Crippen LogP contribution in [0, 0.1) is 19.7 Å². The maximum Gasteiger partial charge on any atom is 0.149 e. The van der Waals surface area contributed by atoms with Gasteiger partial charge in [0.2, 0.25) is 0 Å². The van der Waals surface area contributed by atoms with Gasteiger partial charge in [-0.3, -0.25) is 0 Å². The summed E-state index contributed by atoms with van der Waals surface area (Å²) in [6.45, 7) is 3.83. The Morgan fingerprint density at radius 1 is 1.17 bits per heavy atom. The van der Waals surface area contributed by atoms with E-state index in [9.17, 15) is 4.39 Å². The number of nitrogens with zero attached hydrogens (tertiary/aromatic N) is 2. The van der Waals surface area contributed by atoms with Crippen molar-refractivity contribution in [1.29, 1.82) is 0 Å². The monoisotopic (exact) mass is 245 g/mol. The summed E-state index contributed by atoms with van der Waals surface area (Å²) < 4.78 is 13.1. The molecule has 1 N–H and O–H groups in total. The van der Waals surface area contributed by atoms with E-state index in [1.54, 1.807) is 18.5 Å². The fourth-order valence-electron chi connectivity index (χ4n) is 1.94. The van der Waals surface area contributed by atoms with Crippen molar-refractivity contribution in [2.45, 2.75) is 19.9 Å². The van der Waals surface area contributed by atoms with Crippen molar-refractivity contribution in [3.05, 3.63) is 58.9 Å². The van der Waals surface area contributed by atoms with E-state index in [1.165, 1.54) is 12.1 Å². The highest BCUT2D eigenvalue weighted by Gasteiger charge is 2.16. The third-order valence-electron chi connectivity index (χ3n) is 2.89. The van der Waals surface area contributed by atoms with Gasteiger partial charge >= 0.3 is 0 Å². The van der Waals surface area contributed by atoms with E-state index < -0.39 is 0 Å². The fraction of sp³-hybridized carbons (Fsp3) is 0.286. The minimum absolute atomic E-state index is 0.119. The van der Waals surface area contributed by atoms with Crippen LogP contribution in [-0.4, -0.2) is 17.0 Å². The van der Waals surface area contributed by atoms with Crippen LogP contribution in [0.4, 0.5) is 4.39 Å². The van der Waals surface area contributed by atoms with Crippen molar-refractivity contribution in [2.24, 2.45) is 0 Å². The molecule has 0 aliphatic rings. The van der Waals surface area contributed by atoms with Crippen LogP contribution in [0.1, 0.15) is 28.6 Å². The molecule has 0 radical (unpaired) electrons. The number of benzene rings is 1. The molecule has 4 heteroatoms. The summed E-state index contributed by atoms with van der Waals surface area (Å²) >= 11 is 0. The zero-order valence-corrected chi connectivity index (χ0v) is 10.7. The Balaban J connectivity index is 2.41. The SMILES string of the molecule is CNC(c1ncc(C)cn1)c1ccc(F)cc1C. The molecule has 0 bridgehead atoms. The second kappa shape index (κ2) is 5.23. The fourth-order valence-corrected chi connectivity index (χ4v) is 1.94. The van der Waals surface area contributed by atoms with Crippen LogP contribution in [0.5, 0.6) is 0 Å². The summed E-state index contributed by atoms with van der Waals surface area (Å²) in [4.78, 5) is 8.64. The normalized spacial score (nSPS) is 12.4. The lowest BCUT2D eigenvalue weighted by Gasteiger charge is -2.17. The first-order valence-corrected chi connectivity index (χ1v) is 5.83. The van der Waals surface area contributed by atoms with Crippen LogP contribution in [-0.2, 0) is 0 Å². The van der Waals surface area contributed by atoms with Crippen molar-refractivity contribution >= 4 is 0 Å². The highest BCUT2D eigenvalue weighted by Crippen LogP contribution is 2.22. The number of aryl methyl sites for hydroxylation is 2. The van der Waals surface area contributed by atoms with E-state index in [0.717, 1.165) is 16.7 Å². The molecule has 94 valence electrons. The molecule has 0 spiro atoms. The predicted molar refractivity (Wildman–Crippen MR) is 68.8 cm³/mol. The molecule has 3 nitrogen and oxygen atoms in total. The molecule has 0 saturated carbocycles. The van der Waals surface area contributed by atoms with Crippen molar-refractivity contribution < 1.29 is 4.39 Å². The van der Waals surface area contributed by atoms with Crippen LogP contribution in [0.15, 0.2) is 30.6 Å². The van der Waals surface area contributed by atoms with Crippen molar-refractivity contribution in [3.63, 3.8) is 0 Å². The van der Waals surface area contributed by atoms with Crippen LogP contribution in [0.25, 0.3) is 0 Å². The van der Waals surface area contributed by atoms with E-state index >= 15 is 0 Å². The van der Waals surface area contributed by atoms with Crippen molar-refractivity contribution in [1.82, 2.24) is 15.3 Å². The Morgan fingerprint density at radius 2 is 1.83 bits per heavy atom. The minimum Gasteiger partial charge on any atom is -0.307 e. The lowest BCUT2D eigenvalue weighted by molar-refractivity contribution is 0.614. The van der Waals surface area contributed by atoms with E-state index in [-0.39, 0.29) is 11.9 Å². The maximum absolute atomic E-state index is 13.1. The van der Waals surface area contributed by atoms with Gasteiger partial charge in [-0.1, -0.05) is 6.07 Å². The standard InChI is InChI=1S/C14H16FN3/c1-9-7-17-14(18-8-9)13(16-3)12-5-4-11(15)6-10(12)2/h4-8,13,16H,1-3H3. The molecular formula is C14H16FN3. The number of nitrogens with one attached hydrogen (secondary N) is 1. The number of hydrogen-bond acceptors (Lipinski definition) is 3. The van der Waals surface area contributed by atoms with Gasteiger partial charge in [0, 0.05) is 12.4 Å². The first kappa shape index (κ1) is 12.6. The average Bonchev–Trinajstić information content (AvgIpc) is 2.35. The highest BCUT2D eigenvalue weighted by molar-refractivity contribution is 5.33. The molecular weight excluding hydrogens is 229 g/mol. The zero-order chi connectivity index (χ0) is 13.1. The Hall–Kier alpha value is -1.81. The molecule has 2 aromatic rings. The second-order valence-electron chi connectivity index (χ2n) is 4.34. The lowest BCUT2D eigenvalue weighted by atomic mass is 10.0. The molecule has 2 rings (SSSR count). The summed E-state index contributed by atoms with van der Waals surface area (Å²) in [6.07, 6.45) is 3.57. The first-order chi connectivity index (χ1) is 8.61. The molecule has 18 heavy (non-hydrogen) atoms. The molecule has 1 aromatic carbocycles. The third kappa shape index (κ3) is 2.54. The van der Waals surface area contributed by atoms with Gasteiger partial charge in [0.05, 0.1) is 6.04 Å². The van der Waals surface area contributed by atoms with E-state index in [4.69, 9.17) is 0 Å². The van der Waals surface area contributed by atoms with E-state index in [0.29, 0.717) is 5.82 Å².